The summed E-state index contributed by atoms with van der Waals surface area (Å²) >= 11 is 0. The monoisotopic (exact) mass is 245 g/mol. The molecule has 1 aromatic rings. The van der Waals surface area contributed by atoms with Gasteiger partial charge < -0.3 is 10.6 Å². The van der Waals surface area contributed by atoms with Crippen LogP contribution in [0.3, 0.4) is 0 Å². The molecule has 1 aliphatic carbocycles. The van der Waals surface area contributed by atoms with E-state index in [9.17, 15) is 0 Å². The van der Waals surface area contributed by atoms with E-state index in [0.717, 1.165) is 30.8 Å². The molecular formula is C13H19N5. The fourth-order valence-corrected chi connectivity index (χ4v) is 2.17. The van der Waals surface area contributed by atoms with Crippen molar-refractivity contribution in [1.29, 1.82) is 5.26 Å². The Morgan fingerprint density at radius 3 is 2.89 bits per heavy atom. The molecule has 1 fully saturated rings. The number of hydrogen-bond acceptors (Lipinski definition) is 5. The summed E-state index contributed by atoms with van der Waals surface area (Å²) in [6.07, 6.45) is 6.30. The number of anilines is 2. The van der Waals surface area contributed by atoms with Gasteiger partial charge in [-0.15, -0.1) is 0 Å². The van der Waals surface area contributed by atoms with Crippen molar-refractivity contribution in [3.63, 3.8) is 0 Å². The molecule has 0 aliphatic heterocycles. The summed E-state index contributed by atoms with van der Waals surface area (Å²) in [5, 5.41) is 8.76. The maximum Gasteiger partial charge on any atom is 0.137 e. The lowest BCUT2D eigenvalue weighted by Crippen LogP contribution is -2.29. The van der Waals surface area contributed by atoms with E-state index in [0.29, 0.717) is 18.3 Å². The first-order valence-corrected chi connectivity index (χ1v) is 6.50. The quantitative estimate of drug-likeness (QED) is 0.828. The molecule has 1 heterocycles. The topological polar surface area (TPSA) is 78.8 Å². The molecule has 0 amide bonds. The number of nitrogens with two attached hydrogens (primary N) is 1. The summed E-state index contributed by atoms with van der Waals surface area (Å²) < 4.78 is 0. The van der Waals surface area contributed by atoms with E-state index in [1.165, 1.54) is 19.2 Å². The third-order valence-corrected chi connectivity index (χ3v) is 3.18. The van der Waals surface area contributed by atoms with Crippen molar-refractivity contribution < 1.29 is 0 Å². The molecule has 1 aromatic heterocycles. The average Bonchev–Trinajstić information content (AvgIpc) is 3.18. The van der Waals surface area contributed by atoms with Crippen LogP contribution < -0.4 is 10.6 Å². The van der Waals surface area contributed by atoms with Crippen LogP contribution in [0.5, 0.6) is 0 Å². The third kappa shape index (κ3) is 2.70. The molecular weight excluding hydrogens is 226 g/mol. The van der Waals surface area contributed by atoms with Gasteiger partial charge in [-0.05, 0) is 19.3 Å². The predicted molar refractivity (Wildman–Crippen MR) is 71.0 cm³/mol. The molecule has 18 heavy (non-hydrogen) atoms. The van der Waals surface area contributed by atoms with Gasteiger partial charge in [-0.1, -0.05) is 13.3 Å². The van der Waals surface area contributed by atoms with Gasteiger partial charge in [-0.25, -0.2) is 9.97 Å². The standard InChI is InChI=1S/C13H19N5/c1-2-4-11-12(15)16-9-17-13(11)18(8-3-7-14)10-5-6-10/h9-10H,2-6,8H2,1H3,(H2,15,16,17). The predicted octanol–water partition coefficient (Wildman–Crippen LogP) is 1.89. The van der Waals surface area contributed by atoms with E-state index >= 15 is 0 Å². The Balaban J connectivity index is 2.28. The molecule has 2 N–H and O–H groups in total. The Hall–Kier alpha value is -1.83. The van der Waals surface area contributed by atoms with Crippen LogP contribution in [0.15, 0.2) is 6.33 Å². The lowest BCUT2D eigenvalue weighted by Gasteiger charge is -2.25. The number of nitriles is 1. The molecule has 0 bridgehead atoms. The van der Waals surface area contributed by atoms with Gasteiger partial charge in [0.05, 0.1) is 12.5 Å². The summed E-state index contributed by atoms with van der Waals surface area (Å²) in [6, 6.07) is 2.73. The third-order valence-electron chi connectivity index (χ3n) is 3.18. The Morgan fingerprint density at radius 1 is 1.50 bits per heavy atom. The highest BCUT2D eigenvalue weighted by atomic mass is 15.2. The van der Waals surface area contributed by atoms with E-state index in [4.69, 9.17) is 11.0 Å². The Morgan fingerprint density at radius 2 is 2.28 bits per heavy atom. The summed E-state index contributed by atoms with van der Waals surface area (Å²) in [4.78, 5) is 10.7. The Bertz CT molecular complexity index is 447. The Labute approximate surface area is 108 Å². The molecule has 5 nitrogen and oxygen atoms in total. The van der Waals surface area contributed by atoms with Crippen LogP contribution in [0.2, 0.25) is 0 Å². The molecule has 0 radical (unpaired) electrons. The minimum absolute atomic E-state index is 0.520. The van der Waals surface area contributed by atoms with E-state index < -0.39 is 0 Å². The van der Waals surface area contributed by atoms with Crippen LogP contribution in [-0.2, 0) is 6.42 Å². The molecule has 0 spiro atoms. The van der Waals surface area contributed by atoms with Gasteiger partial charge in [0.15, 0.2) is 0 Å². The fraction of sp³-hybridized carbons (Fsp3) is 0.615. The molecule has 1 aliphatic rings. The first kappa shape index (κ1) is 12.6. The van der Waals surface area contributed by atoms with Crippen molar-refractivity contribution in [3.05, 3.63) is 11.9 Å². The zero-order chi connectivity index (χ0) is 13.0. The molecule has 0 unspecified atom stereocenters. The maximum absolute atomic E-state index is 8.76. The van der Waals surface area contributed by atoms with Gasteiger partial charge in [-0.3, -0.25) is 0 Å². The van der Waals surface area contributed by atoms with Gasteiger partial charge in [0, 0.05) is 18.2 Å². The lowest BCUT2D eigenvalue weighted by molar-refractivity contribution is 0.761. The van der Waals surface area contributed by atoms with E-state index in [-0.39, 0.29) is 0 Å². The maximum atomic E-state index is 8.76. The summed E-state index contributed by atoms with van der Waals surface area (Å²) in [6.45, 7) is 2.85. The van der Waals surface area contributed by atoms with Gasteiger partial charge >= 0.3 is 0 Å². The molecule has 96 valence electrons. The second kappa shape index (κ2) is 5.67. The fourth-order valence-electron chi connectivity index (χ4n) is 2.17. The van der Waals surface area contributed by atoms with Crippen LogP contribution in [-0.4, -0.2) is 22.6 Å². The van der Waals surface area contributed by atoms with Crippen LogP contribution in [0.1, 0.15) is 38.2 Å². The minimum atomic E-state index is 0.520. The first-order chi connectivity index (χ1) is 8.77. The van der Waals surface area contributed by atoms with Crippen molar-refractivity contribution in [1.82, 2.24) is 9.97 Å². The smallest absolute Gasteiger partial charge is 0.137 e. The normalized spacial score (nSPS) is 14.2. The largest absolute Gasteiger partial charge is 0.383 e. The van der Waals surface area contributed by atoms with Gasteiger partial charge in [-0.2, -0.15) is 5.26 Å². The SMILES string of the molecule is CCCc1c(N)ncnc1N(CCC#N)C1CC1. The number of hydrogen-bond donors (Lipinski definition) is 1. The van der Waals surface area contributed by atoms with E-state index in [1.54, 1.807) is 0 Å². The number of nitrogens with zero attached hydrogens (tertiary/aromatic N) is 4. The number of nitrogen functional groups attached to an aromatic ring is 1. The zero-order valence-corrected chi connectivity index (χ0v) is 10.8. The number of rotatable bonds is 6. The van der Waals surface area contributed by atoms with E-state index in [2.05, 4.69) is 27.9 Å². The summed E-state index contributed by atoms with van der Waals surface area (Å²) in [7, 11) is 0. The van der Waals surface area contributed by atoms with Crippen molar-refractivity contribution in [2.75, 3.05) is 17.2 Å². The van der Waals surface area contributed by atoms with E-state index in [1.807, 2.05) is 0 Å². The highest BCUT2D eigenvalue weighted by molar-refractivity contribution is 5.57. The highest BCUT2D eigenvalue weighted by Gasteiger charge is 2.31. The molecule has 1 saturated carbocycles. The molecule has 0 aromatic carbocycles. The molecule has 2 rings (SSSR count). The van der Waals surface area contributed by atoms with Crippen molar-refractivity contribution in [3.8, 4) is 6.07 Å². The Kier molecular flexibility index (Phi) is 3.98. The lowest BCUT2D eigenvalue weighted by atomic mass is 10.1. The average molecular weight is 245 g/mol. The van der Waals surface area contributed by atoms with Gasteiger partial charge in [0.2, 0.25) is 0 Å². The van der Waals surface area contributed by atoms with Crippen LogP contribution in [0.25, 0.3) is 0 Å². The van der Waals surface area contributed by atoms with Crippen molar-refractivity contribution in [2.24, 2.45) is 0 Å². The van der Waals surface area contributed by atoms with Crippen LogP contribution >= 0.6 is 0 Å². The van der Waals surface area contributed by atoms with Crippen LogP contribution in [0, 0.1) is 11.3 Å². The van der Waals surface area contributed by atoms with Crippen molar-refractivity contribution >= 4 is 11.6 Å². The van der Waals surface area contributed by atoms with Gasteiger partial charge in [0.25, 0.3) is 0 Å². The summed E-state index contributed by atoms with van der Waals surface area (Å²) in [5.41, 5.74) is 6.98. The summed E-state index contributed by atoms with van der Waals surface area (Å²) in [5.74, 6) is 1.51. The zero-order valence-electron chi connectivity index (χ0n) is 10.8. The highest BCUT2D eigenvalue weighted by Crippen LogP contribution is 2.33. The number of aromatic nitrogens is 2. The second-order valence-electron chi connectivity index (χ2n) is 4.64. The molecule has 0 saturated heterocycles. The minimum Gasteiger partial charge on any atom is -0.383 e. The first-order valence-electron chi connectivity index (χ1n) is 6.50. The second-order valence-corrected chi connectivity index (χ2v) is 4.64. The molecule has 5 heteroatoms. The van der Waals surface area contributed by atoms with Crippen molar-refractivity contribution in [2.45, 2.75) is 45.1 Å². The molecule has 0 atom stereocenters. The van der Waals surface area contributed by atoms with Crippen LogP contribution in [0.4, 0.5) is 11.6 Å². The van der Waals surface area contributed by atoms with Gasteiger partial charge in [0.1, 0.15) is 18.0 Å².